The first-order valence-corrected chi connectivity index (χ1v) is 8.92. The number of hydrogen-bond acceptors (Lipinski definition) is 3. The van der Waals surface area contributed by atoms with Crippen molar-refractivity contribution in [2.24, 2.45) is 4.99 Å². The van der Waals surface area contributed by atoms with E-state index in [0.717, 1.165) is 29.3 Å². The van der Waals surface area contributed by atoms with Gasteiger partial charge < -0.3 is 10.6 Å². The van der Waals surface area contributed by atoms with Crippen molar-refractivity contribution >= 4 is 17.3 Å². The number of aromatic nitrogens is 1. The number of nitrogens with zero attached hydrogens (tertiary/aromatic N) is 2. The second-order valence-corrected chi connectivity index (χ2v) is 6.28. The topological polar surface area (TPSA) is 49.3 Å². The van der Waals surface area contributed by atoms with Gasteiger partial charge in [-0.25, -0.2) is 9.98 Å². The van der Waals surface area contributed by atoms with E-state index in [0.29, 0.717) is 24.6 Å². The lowest BCUT2D eigenvalue weighted by Crippen LogP contribution is -2.36. The maximum Gasteiger partial charge on any atom is 0.416 e. The first-order valence-electron chi connectivity index (χ1n) is 8.04. The monoisotopic (exact) mass is 370 g/mol. The number of thiazole rings is 1. The predicted octanol–water partition coefficient (Wildman–Crippen LogP) is 3.98. The van der Waals surface area contributed by atoms with Gasteiger partial charge in [0.05, 0.1) is 29.4 Å². The van der Waals surface area contributed by atoms with Crippen molar-refractivity contribution in [1.82, 2.24) is 15.6 Å². The van der Waals surface area contributed by atoms with Crippen LogP contribution in [0.3, 0.4) is 0 Å². The molecule has 1 aromatic carbocycles. The highest BCUT2D eigenvalue weighted by molar-refractivity contribution is 7.09. The van der Waals surface area contributed by atoms with Gasteiger partial charge in [0, 0.05) is 11.9 Å². The number of nitrogens with one attached hydrogen (secondary N) is 2. The number of benzene rings is 1. The molecule has 0 aliphatic rings. The molecule has 2 N–H and O–H groups in total. The molecule has 0 fully saturated rings. The van der Waals surface area contributed by atoms with E-state index in [4.69, 9.17) is 0 Å². The molecule has 0 unspecified atom stereocenters. The van der Waals surface area contributed by atoms with Crippen LogP contribution in [-0.2, 0) is 25.7 Å². The van der Waals surface area contributed by atoms with Gasteiger partial charge in [0.1, 0.15) is 0 Å². The third-order valence-electron chi connectivity index (χ3n) is 3.36. The maximum atomic E-state index is 12.8. The minimum atomic E-state index is -4.34. The molecule has 0 radical (unpaired) electrons. The largest absolute Gasteiger partial charge is 0.416 e. The van der Waals surface area contributed by atoms with Crippen LogP contribution < -0.4 is 10.6 Å². The molecule has 25 heavy (non-hydrogen) atoms. The molecule has 4 nitrogen and oxygen atoms in total. The first kappa shape index (κ1) is 19.2. The Labute approximate surface area is 149 Å². The normalized spacial score (nSPS) is 12.3. The third kappa shape index (κ3) is 6.04. The fourth-order valence-electron chi connectivity index (χ4n) is 2.12. The van der Waals surface area contributed by atoms with Crippen LogP contribution in [0.15, 0.2) is 34.6 Å². The van der Waals surface area contributed by atoms with E-state index in [-0.39, 0.29) is 6.54 Å². The van der Waals surface area contributed by atoms with Crippen molar-refractivity contribution in [2.45, 2.75) is 39.5 Å². The molecule has 0 aliphatic carbocycles. The predicted molar refractivity (Wildman–Crippen MR) is 94.6 cm³/mol. The molecule has 2 rings (SSSR count). The minimum Gasteiger partial charge on any atom is -0.357 e. The van der Waals surface area contributed by atoms with Crippen LogP contribution in [0.1, 0.15) is 35.7 Å². The lowest BCUT2D eigenvalue weighted by Gasteiger charge is -2.11. The van der Waals surface area contributed by atoms with Crippen molar-refractivity contribution in [3.8, 4) is 0 Å². The molecular formula is C17H21F3N4S. The van der Waals surface area contributed by atoms with Gasteiger partial charge in [-0.15, -0.1) is 11.3 Å². The second-order valence-electron chi connectivity index (χ2n) is 5.33. The zero-order valence-electron chi connectivity index (χ0n) is 14.2. The van der Waals surface area contributed by atoms with Gasteiger partial charge in [0.15, 0.2) is 5.96 Å². The van der Waals surface area contributed by atoms with Crippen LogP contribution in [0.2, 0.25) is 0 Å². The zero-order valence-corrected chi connectivity index (χ0v) is 15.0. The summed E-state index contributed by atoms with van der Waals surface area (Å²) in [5.41, 5.74) is 0.771. The Bertz CT molecular complexity index is 710. The van der Waals surface area contributed by atoms with E-state index in [2.05, 4.69) is 27.5 Å². The molecule has 0 aliphatic heterocycles. The Balaban J connectivity index is 2.01. The fourth-order valence-corrected chi connectivity index (χ4v) is 2.87. The highest BCUT2D eigenvalue weighted by Gasteiger charge is 2.30. The Morgan fingerprint density at radius 3 is 2.68 bits per heavy atom. The Hall–Kier alpha value is -2.09. The van der Waals surface area contributed by atoms with Gasteiger partial charge in [-0.2, -0.15) is 13.2 Å². The molecule has 0 atom stereocenters. The van der Waals surface area contributed by atoms with E-state index < -0.39 is 11.7 Å². The van der Waals surface area contributed by atoms with Crippen LogP contribution in [-0.4, -0.2) is 17.5 Å². The fraction of sp³-hybridized carbons (Fsp3) is 0.412. The first-order chi connectivity index (χ1) is 11.9. The van der Waals surface area contributed by atoms with E-state index in [1.165, 1.54) is 6.07 Å². The van der Waals surface area contributed by atoms with Gasteiger partial charge in [-0.3, -0.25) is 0 Å². The number of aryl methyl sites for hydroxylation is 1. The van der Waals surface area contributed by atoms with Crippen LogP contribution in [0, 0.1) is 0 Å². The van der Waals surface area contributed by atoms with Crippen molar-refractivity contribution < 1.29 is 13.2 Å². The summed E-state index contributed by atoms with van der Waals surface area (Å²) in [7, 11) is 0. The van der Waals surface area contributed by atoms with Crippen LogP contribution in [0.25, 0.3) is 0 Å². The summed E-state index contributed by atoms with van der Waals surface area (Å²) in [6.07, 6.45) is -3.45. The summed E-state index contributed by atoms with van der Waals surface area (Å²) >= 11 is 1.61. The van der Waals surface area contributed by atoms with Gasteiger partial charge in [-0.1, -0.05) is 19.1 Å². The van der Waals surface area contributed by atoms with Gasteiger partial charge in [0.2, 0.25) is 0 Å². The number of alkyl halides is 3. The van der Waals surface area contributed by atoms with E-state index >= 15 is 0 Å². The minimum absolute atomic E-state index is 0.163. The van der Waals surface area contributed by atoms with Crippen molar-refractivity contribution in [3.05, 3.63) is 51.5 Å². The Kier molecular flexibility index (Phi) is 6.81. The molecule has 8 heteroatoms. The maximum absolute atomic E-state index is 12.8. The number of rotatable bonds is 6. The molecule has 0 spiro atoms. The summed E-state index contributed by atoms with van der Waals surface area (Å²) in [5, 5.41) is 9.29. The average molecular weight is 370 g/mol. The van der Waals surface area contributed by atoms with E-state index in [9.17, 15) is 13.2 Å². The van der Waals surface area contributed by atoms with Crippen LogP contribution in [0.4, 0.5) is 13.2 Å². The van der Waals surface area contributed by atoms with Gasteiger partial charge in [-0.05, 0) is 31.0 Å². The van der Waals surface area contributed by atoms with E-state index in [1.54, 1.807) is 17.4 Å². The lowest BCUT2D eigenvalue weighted by atomic mass is 10.1. The number of halogens is 3. The average Bonchev–Trinajstić information content (AvgIpc) is 3.05. The molecular weight excluding hydrogens is 349 g/mol. The SMILES string of the molecule is CCNC(=NCc1cccc(C(F)(F)F)c1)NCc1csc(CC)n1. The summed E-state index contributed by atoms with van der Waals surface area (Å²) in [5.74, 6) is 0.547. The highest BCUT2D eigenvalue weighted by atomic mass is 32.1. The molecule has 0 bridgehead atoms. The molecule has 2 aromatic rings. The molecule has 1 heterocycles. The molecule has 1 aromatic heterocycles. The van der Waals surface area contributed by atoms with Crippen molar-refractivity contribution in [1.29, 1.82) is 0 Å². The zero-order chi connectivity index (χ0) is 18.3. The smallest absolute Gasteiger partial charge is 0.357 e. The molecule has 0 amide bonds. The molecule has 0 saturated heterocycles. The number of hydrogen-bond donors (Lipinski definition) is 2. The summed E-state index contributed by atoms with van der Waals surface area (Å²) in [4.78, 5) is 8.82. The third-order valence-corrected chi connectivity index (χ3v) is 4.40. The molecule has 136 valence electrons. The van der Waals surface area contributed by atoms with Crippen molar-refractivity contribution in [2.75, 3.05) is 6.54 Å². The lowest BCUT2D eigenvalue weighted by molar-refractivity contribution is -0.137. The van der Waals surface area contributed by atoms with Crippen LogP contribution >= 0.6 is 11.3 Å². The number of guanidine groups is 1. The quantitative estimate of drug-likeness (QED) is 0.597. The van der Waals surface area contributed by atoms with E-state index in [1.807, 2.05) is 12.3 Å². The van der Waals surface area contributed by atoms with Crippen LogP contribution in [0.5, 0.6) is 0 Å². The standard InChI is InChI=1S/C17H21F3N4S/c1-3-15-24-14(11-25-15)10-23-16(21-4-2)22-9-12-6-5-7-13(8-12)17(18,19)20/h5-8,11H,3-4,9-10H2,1-2H3,(H2,21,22,23). The second kappa shape index (κ2) is 8.84. The Morgan fingerprint density at radius 1 is 1.24 bits per heavy atom. The highest BCUT2D eigenvalue weighted by Crippen LogP contribution is 2.29. The molecule has 0 saturated carbocycles. The van der Waals surface area contributed by atoms with Gasteiger partial charge in [0.25, 0.3) is 0 Å². The van der Waals surface area contributed by atoms with Gasteiger partial charge >= 0.3 is 6.18 Å². The summed E-state index contributed by atoms with van der Waals surface area (Å²) < 4.78 is 38.3. The summed E-state index contributed by atoms with van der Waals surface area (Å²) in [6.45, 7) is 5.32. The number of aliphatic imine (C=N–C) groups is 1. The Morgan fingerprint density at radius 2 is 2.04 bits per heavy atom. The van der Waals surface area contributed by atoms with Crippen molar-refractivity contribution in [3.63, 3.8) is 0 Å². The summed E-state index contributed by atoms with van der Waals surface area (Å²) in [6, 6.07) is 5.22.